The normalized spacial score (nSPS) is 13.7. The maximum atomic E-state index is 13.2. The summed E-state index contributed by atoms with van der Waals surface area (Å²) in [5, 5.41) is 15.2. The Labute approximate surface area is 211 Å². The number of anilines is 3. The van der Waals surface area contributed by atoms with Gasteiger partial charge in [0.1, 0.15) is 22.7 Å². The van der Waals surface area contributed by atoms with Gasteiger partial charge in [0.15, 0.2) is 12.1 Å². The fourth-order valence-corrected chi connectivity index (χ4v) is 3.36. The Bertz CT molecular complexity index is 1410. The first-order chi connectivity index (χ1) is 17.3. The summed E-state index contributed by atoms with van der Waals surface area (Å²) in [7, 11) is -4.15. The SMILES string of the molecule is CC(C)(O)C(Nc1nc(Nc2ccnc(C(F)(F)F)c2)nc(-c2cccc(C(F)(F)F)n2)n1)OS(C)(=O)=O. The van der Waals surface area contributed by atoms with E-state index in [1.54, 1.807) is 0 Å². The van der Waals surface area contributed by atoms with Crippen molar-refractivity contribution in [2.24, 2.45) is 0 Å². The van der Waals surface area contributed by atoms with Crippen LogP contribution in [0.5, 0.6) is 0 Å². The second-order valence-electron chi connectivity index (χ2n) is 8.24. The third-order valence-corrected chi connectivity index (χ3v) is 4.93. The lowest BCUT2D eigenvalue weighted by atomic mass is 10.1. The third-order valence-electron chi connectivity index (χ3n) is 4.38. The van der Waals surface area contributed by atoms with E-state index in [0.717, 1.165) is 24.4 Å². The van der Waals surface area contributed by atoms with Crippen LogP contribution in [-0.2, 0) is 26.7 Å². The highest BCUT2D eigenvalue weighted by atomic mass is 32.2. The summed E-state index contributed by atoms with van der Waals surface area (Å²) in [5.41, 5.74) is -5.00. The minimum absolute atomic E-state index is 0.196. The largest absolute Gasteiger partial charge is 0.433 e. The Morgan fingerprint density at radius 1 is 0.921 bits per heavy atom. The Morgan fingerprint density at radius 2 is 1.55 bits per heavy atom. The van der Waals surface area contributed by atoms with Crippen LogP contribution in [0.4, 0.5) is 43.9 Å². The molecule has 0 aliphatic rings. The van der Waals surface area contributed by atoms with Gasteiger partial charge in [-0.25, -0.2) is 9.17 Å². The quantitative estimate of drug-likeness (QED) is 0.208. The molecule has 38 heavy (non-hydrogen) atoms. The summed E-state index contributed by atoms with van der Waals surface area (Å²) in [5.74, 6) is -1.46. The van der Waals surface area contributed by atoms with E-state index < -0.39 is 69.1 Å². The van der Waals surface area contributed by atoms with Gasteiger partial charge in [0.05, 0.1) is 6.26 Å². The lowest BCUT2D eigenvalue weighted by molar-refractivity contribution is -0.141. The maximum Gasteiger partial charge on any atom is 0.433 e. The molecule has 3 heterocycles. The number of alkyl halides is 6. The van der Waals surface area contributed by atoms with Gasteiger partial charge in [-0.2, -0.15) is 49.7 Å². The van der Waals surface area contributed by atoms with Gasteiger partial charge in [-0.3, -0.25) is 4.98 Å². The number of rotatable bonds is 8. The predicted octanol–water partition coefficient (Wildman–Crippen LogP) is 3.59. The molecular weight excluding hydrogens is 548 g/mol. The zero-order valence-corrected chi connectivity index (χ0v) is 20.4. The molecule has 1 atom stereocenters. The first-order valence-electron chi connectivity index (χ1n) is 10.3. The molecule has 0 saturated heterocycles. The van der Waals surface area contributed by atoms with Crippen molar-refractivity contribution in [2.45, 2.75) is 38.0 Å². The van der Waals surface area contributed by atoms with Crippen molar-refractivity contribution in [3.63, 3.8) is 0 Å². The van der Waals surface area contributed by atoms with E-state index in [2.05, 4.69) is 35.6 Å². The van der Waals surface area contributed by atoms with Crippen molar-refractivity contribution < 1.29 is 44.0 Å². The summed E-state index contributed by atoms with van der Waals surface area (Å²) >= 11 is 0. The van der Waals surface area contributed by atoms with Gasteiger partial charge in [-0.15, -0.1) is 0 Å². The first kappa shape index (κ1) is 28.9. The molecule has 18 heteroatoms. The van der Waals surface area contributed by atoms with Gasteiger partial charge >= 0.3 is 12.4 Å². The van der Waals surface area contributed by atoms with Crippen LogP contribution < -0.4 is 10.6 Å². The van der Waals surface area contributed by atoms with Gasteiger partial charge in [-0.05, 0) is 38.1 Å². The lowest BCUT2D eigenvalue weighted by Crippen LogP contribution is -2.45. The molecule has 0 aliphatic carbocycles. The molecule has 3 aromatic rings. The van der Waals surface area contributed by atoms with Gasteiger partial charge in [0.2, 0.25) is 11.9 Å². The van der Waals surface area contributed by atoms with Crippen molar-refractivity contribution in [2.75, 3.05) is 16.9 Å². The predicted molar refractivity (Wildman–Crippen MR) is 120 cm³/mol. The molecule has 0 bridgehead atoms. The Balaban J connectivity index is 2.11. The molecule has 0 saturated carbocycles. The number of nitrogens with zero attached hydrogens (tertiary/aromatic N) is 5. The van der Waals surface area contributed by atoms with Crippen molar-refractivity contribution >= 4 is 27.7 Å². The monoisotopic (exact) mass is 567 g/mol. The van der Waals surface area contributed by atoms with Crippen LogP contribution in [0.3, 0.4) is 0 Å². The summed E-state index contributed by atoms with van der Waals surface area (Å²) < 4.78 is 107. The number of halogens is 6. The molecule has 0 amide bonds. The minimum Gasteiger partial charge on any atom is -0.386 e. The highest BCUT2D eigenvalue weighted by molar-refractivity contribution is 7.86. The second kappa shape index (κ2) is 10.3. The summed E-state index contributed by atoms with van der Waals surface area (Å²) in [6.45, 7) is 2.36. The third kappa shape index (κ3) is 7.93. The van der Waals surface area contributed by atoms with Crippen LogP contribution in [0.25, 0.3) is 11.5 Å². The lowest BCUT2D eigenvalue weighted by Gasteiger charge is -2.28. The second-order valence-corrected chi connectivity index (χ2v) is 9.84. The number of hydrogen-bond donors (Lipinski definition) is 3. The molecule has 3 rings (SSSR count). The zero-order valence-electron chi connectivity index (χ0n) is 19.6. The number of aromatic nitrogens is 5. The molecule has 0 spiro atoms. The molecule has 3 aromatic heterocycles. The van der Waals surface area contributed by atoms with E-state index in [1.165, 1.54) is 13.8 Å². The molecule has 3 N–H and O–H groups in total. The van der Waals surface area contributed by atoms with Crippen LogP contribution in [0, 0.1) is 0 Å². The van der Waals surface area contributed by atoms with Crippen molar-refractivity contribution in [1.29, 1.82) is 0 Å². The van der Waals surface area contributed by atoms with Crippen molar-refractivity contribution in [1.82, 2.24) is 24.9 Å². The molecule has 1 unspecified atom stereocenters. The Morgan fingerprint density at radius 3 is 2.13 bits per heavy atom. The van der Waals surface area contributed by atoms with E-state index in [0.29, 0.717) is 18.4 Å². The maximum absolute atomic E-state index is 13.2. The molecular formula is C20H19F6N7O4S. The summed E-state index contributed by atoms with van der Waals surface area (Å²) in [6, 6.07) is 4.63. The van der Waals surface area contributed by atoms with Gasteiger partial charge in [0.25, 0.3) is 10.1 Å². The van der Waals surface area contributed by atoms with E-state index in [4.69, 9.17) is 4.18 Å². The van der Waals surface area contributed by atoms with E-state index in [1.807, 2.05) is 0 Å². The summed E-state index contributed by atoms with van der Waals surface area (Å²) in [6.07, 6.45) is -9.74. The molecule has 0 radical (unpaired) electrons. The molecule has 0 aromatic carbocycles. The molecule has 0 aliphatic heterocycles. The highest BCUT2D eigenvalue weighted by Crippen LogP contribution is 2.31. The molecule has 206 valence electrons. The average Bonchev–Trinajstić information content (AvgIpc) is 2.76. The van der Waals surface area contributed by atoms with E-state index >= 15 is 0 Å². The molecule has 0 fully saturated rings. The van der Waals surface area contributed by atoms with Crippen LogP contribution >= 0.6 is 0 Å². The summed E-state index contributed by atoms with van der Waals surface area (Å²) in [4.78, 5) is 18.5. The number of hydrogen-bond acceptors (Lipinski definition) is 11. The Hall–Kier alpha value is -3.64. The number of nitrogens with one attached hydrogen (secondary N) is 2. The highest BCUT2D eigenvalue weighted by Gasteiger charge is 2.35. The standard InChI is InChI=1S/C20H19F6N7O4S/c1-18(2,34)15(37-38(3,35)36)32-17-31-14(11-5-4-6-12(29-11)19(21,22)23)30-16(33-17)28-10-7-8-27-13(9-10)20(24,25)26/h4-9,15,34H,1-3H3,(H2,27,28,30,31,32,33). The van der Waals surface area contributed by atoms with Crippen molar-refractivity contribution in [3.8, 4) is 11.5 Å². The molecule has 11 nitrogen and oxygen atoms in total. The average molecular weight is 567 g/mol. The van der Waals surface area contributed by atoms with Crippen LogP contribution in [0.1, 0.15) is 25.2 Å². The first-order valence-corrected chi connectivity index (χ1v) is 12.1. The van der Waals surface area contributed by atoms with Gasteiger partial charge < -0.3 is 15.7 Å². The van der Waals surface area contributed by atoms with E-state index in [-0.39, 0.29) is 5.69 Å². The van der Waals surface area contributed by atoms with Crippen LogP contribution in [0.15, 0.2) is 36.5 Å². The fraction of sp³-hybridized carbons (Fsp3) is 0.350. The van der Waals surface area contributed by atoms with Crippen molar-refractivity contribution in [3.05, 3.63) is 47.9 Å². The van der Waals surface area contributed by atoms with Gasteiger partial charge in [-0.1, -0.05) is 6.07 Å². The minimum atomic E-state index is -4.81. The Kier molecular flexibility index (Phi) is 7.81. The topological polar surface area (TPSA) is 152 Å². The van der Waals surface area contributed by atoms with Crippen LogP contribution in [-0.4, -0.2) is 56.5 Å². The van der Waals surface area contributed by atoms with Gasteiger partial charge in [0, 0.05) is 11.9 Å². The van der Waals surface area contributed by atoms with Crippen LogP contribution in [0.2, 0.25) is 0 Å². The zero-order chi connectivity index (χ0) is 28.5. The fourth-order valence-electron chi connectivity index (χ4n) is 2.73. The smallest absolute Gasteiger partial charge is 0.386 e. The number of aliphatic hydroxyl groups is 1. The number of pyridine rings is 2. The van der Waals surface area contributed by atoms with E-state index in [9.17, 15) is 39.9 Å².